The van der Waals surface area contributed by atoms with Gasteiger partial charge in [0.25, 0.3) is 5.91 Å². The number of nitrogens with one attached hydrogen (secondary N) is 1. The fourth-order valence-corrected chi connectivity index (χ4v) is 3.37. The van der Waals surface area contributed by atoms with Crippen LogP contribution in [-0.4, -0.2) is 51.5 Å². The van der Waals surface area contributed by atoms with Crippen LogP contribution >= 0.6 is 0 Å². The highest BCUT2D eigenvalue weighted by molar-refractivity contribution is 5.95. The number of likely N-dealkylation sites (tertiary alicyclic amines) is 1. The van der Waals surface area contributed by atoms with E-state index in [9.17, 15) is 9.90 Å². The second-order valence-corrected chi connectivity index (χ2v) is 6.59. The lowest BCUT2D eigenvalue weighted by Gasteiger charge is -2.21. The highest BCUT2D eigenvalue weighted by Crippen LogP contribution is 2.44. The molecule has 0 unspecified atom stereocenters. The van der Waals surface area contributed by atoms with Crippen molar-refractivity contribution in [2.75, 3.05) is 20.2 Å². The molecule has 1 aromatic carbocycles. The van der Waals surface area contributed by atoms with E-state index in [1.165, 1.54) is 6.20 Å². The molecule has 7 heteroatoms. The summed E-state index contributed by atoms with van der Waals surface area (Å²) in [5.74, 6) is 1.27. The molecule has 0 spiro atoms. The summed E-state index contributed by atoms with van der Waals surface area (Å²) in [6, 6.07) is 5.59. The molecule has 4 rings (SSSR count). The predicted octanol–water partition coefficient (Wildman–Crippen LogP) is 1.42. The molecule has 1 saturated carbocycles. The first-order chi connectivity index (χ1) is 11.6. The lowest BCUT2D eigenvalue weighted by Crippen LogP contribution is -2.34. The van der Waals surface area contributed by atoms with E-state index < -0.39 is 5.60 Å². The Hall–Kier alpha value is -2.41. The summed E-state index contributed by atoms with van der Waals surface area (Å²) in [6.07, 6.45) is 4.25. The predicted molar refractivity (Wildman–Crippen MR) is 85.8 cm³/mol. The first kappa shape index (κ1) is 15.1. The van der Waals surface area contributed by atoms with Crippen molar-refractivity contribution in [3.8, 4) is 5.75 Å². The topological polar surface area (TPSA) is 91.3 Å². The zero-order chi connectivity index (χ0) is 16.7. The van der Waals surface area contributed by atoms with Crippen LogP contribution in [0.15, 0.2) is 24.4 Å². The van der Waals surface area contributed by atoms with Gasteiger partial charge in [-0.3, -0.25) is 4.79 Å². The smallest absolute Gasteiger partial charge is 0.253 e. The van der Waals surface area contributed by atoms with Crippen LogP contribution in [0, 0.1) is 0 Å². The van der Waals surface area contributed by atoms with Crippen molar-refractivity contribution < 1.29 is 14.6 Å². The van der Waals surface area contributed by atoms with E-state index in [0.29, 0.717) is 30.1 Å². The lowest BCUT2D eigenvalue weighted by molar-refractivity contribution is 0.0382. The quantitative estimate of drug-likeness (QED) is 0.886. The van der Waals surface area contributed by atoms with Crippen molar-refractivity contribution >= 4 is 5.91 Å². The van der Waals surface area contributed by atoms with Crippen LogP contribution in [0.3, 0.4) is 0 Å². The Bertz CT molecular complexity index is 757. The number of nitrogens with zero attached hydrogens (tertiary/aromatic N) is 3. The van der Waals surface area contributed by atoms with Gasteiger partial charge in [0.2, 0.25) is 0 Å². The molecule has 2 heterocycles. The normalized spacial score (nSPS) is 23.5. The Morgan fingerprint density at radius 1 is 1.46 bits per heavy atom. The second kappa shape index (κ2) is 5.59. The van der Waals surface area contributed by atoms with Crippen molar-refractivity contribution in [3.63, 3.8) is 0 Å². The van der Waals surface area contributed by atoms with Gasteiger partial charge in [-0.05, 0) is 42.5 Å². The largest absolute Gasteiger partial charge is 0.496 e. The third-order valence-electron chi connectivity index (χ3n) is 4.92. The summed E-state index contributed by atoms with van der Waals surface area (Å²) >= 11 is 0. The number of β-amino-alcohol motifs (C(OH)–C–C–N with tert-alkyl or cyclic N) is 1. The third-order valence-corrected chi connectivity index (χ3v) is 4.92. The number of rotatable bonds is 4. The SMILES string of the molecule is COc1ccc(C(=O)N2CC[C@](O)(c3cn[nH]n3)C2)cc1C1CC1. The summed E-state index contributed by atoms with van der Waals surface area (Å²) in [6.45, 7) is 0.718. The molecule has 7 nitrogen and oxygen atoms in total. The molecule has 1 saturated heterocycles. The highest BCUT2D eigenvalue weighted by atomic mass is 16.5. The van der Waals surface area contributed by atoms with Crippen molar-refractivity contribution in [1.82, 2.24) is 20.3 Å². The molecule has 1 aliphatic carbocycles. The van der Waals surface area contributed by atoms with Gasteiger partial charge in [0, 0.05) is 18.5 Å². The van der Waals surface area contributed by atoms with Crippen molar-refractivity contribution in [1.29, 1.82) is 0 Å². The van der Waals surface area contributed by atoms with Crippen LogP contribution in [0.25, 0.3) is 0 Å². The van der Waals surface area contributed by atoms with Gasteiger partial charge in [-0.1, -0.05) is 0 Å². The van der Waals surface area contributed by atoms with Gasteiger partial charge in [-0.15, -0.1) is 0 Å². The molecule has 126 valence electrons. The summed E-state index contributed by atoms with van der Waals surface area (Å²) in [7, 11) is 1.65. The van der Waals surface area contributed by atoms with Gasteiger partial charge in [0.15, 0.2) is 0 Å². The van der Waals surface area contributed by atoms with Crippen molar-refractivity contribution in [3.05, 3.63) is 41.2 Å². The summed E-state index contributed by atoms with van der Waals surface area (Å²) < 4.78 is 5.41. The molecule has 1 amide bonds. The third kappa shape index (κ3) is 2.54. The second-order valence-electron chi connectivity index (χ2n) is 6.59. The number of carbonyl (C=O) groups excluding carboxylic acids is 1. The number of aromatic amines is 1. The Morgan fingerprint density at radius 2 is 2.29 bits per heavy atom. The first-order valence-electron chi connectivity index (χ1n) is 8.16. The molecule has 1 aliphatic heterocycles. The fraction of sp³-hybridized carbons (Fsp3) is 0.471. The van der Waals surface area contributed by atoms with Gasteiger partial charge < -0.3 is 14.7 Å². The Kier molecular flexibility index (Phi) is 3.53. The average Bonchev–Trinajstić information content (AvgIpc) is 3.13. The minimum Gasteiger partial charge on any atom is -0.496 e. The molecule has 0 radical (unpaired) electrons. The van der Waals surface area contributed by atoms with Crippen molar-refractivity contribution in [2.24, 2.45) is 0 Å². The molecule has 2 aromatic rings. The van der Waals surface area contributed by atoms with Gasteiger partial charge in [-0.25, -0.2) is 0 Å². The van der Waals surface area contributed by atoms with E-state index in [0.717, 1.165) is 24.2 Å². The van der Waals surface area contributed by atoms with Crippen molar-refractivity contribution in [2.45, 2.75) is 30.8 Å². The van der Waals surface area contributed by atoms with Gasteiger partial charge >= 0.3 is 0 Å². The summed E-state index contributed by atoms with van der Waals surface area (Å²) in [4.78, 5) is 14.5. The van der Waals surface area contributed by atoms with E-state index >= 15 is 0 Å². The number of amides is 1. The summed E-state index contributed by atoms with van der Waals surface area (Å²) in [5, 5.41) is 20.9. The van der Waals surface area contributed by atoms with Crippen LogP contribution in [0.2, 0.25) is 0 Å². The van der Waals surface area contributed by atoms with Crippen LogP contribution in [0.4, 0.5) is 0 Å². The Balaban J connectivity index is 1.55. The Labute approximate surface area is 139 Å². The monoisotopic (exact) mass is 328 g/mol. The number of hydrogen-bond acceptors (Lipinski definition) is 5. The molecule has 1 aromatic heterocycles. The molecule has 2 aliphatic rings. The average molecular weight is 328 g/mol. The Morgan fingerprint density at radius 3 is 2.96 bits per heavy atom. The first-order valence-corrected chi connectivity index (χ1v) is 8.16. The van der Waals surface area contributed by atoms with Gasteiger partial charge in [-0.2, -0.15) is 15.4 Å². The maximum Gasteiger partial charge on any atom is 0.253 e. The van der Waals surface area contributed by atoms with E-state index in [-0.39, 0.29) is 12.5 Å². The standard InChI is InChI=1S/C17H20N4O3/c1-24-14-5-4-12(8-13(14)11-2-3-11)16(22)21-7-6-17(23,10-21)15-9-18-20-19-15/h4-5,8-9,11,23H,2-3,6-7,10H2,1H3,(H,18,19,20)/t17-/m1/s1. The number of hydrogen-bond donors (Lipinski definition) is 2. The van der Waals surface area contributed by atoms with Gasteiger partial charge in [0.1, 0.15) is 17.0 Å². The maximum absolute atomic E-state index is 12.8. The van der Waals surface area contributed by atoms with Crippen LogP contribution < -0.4 is 4.74 Å². The van der Waals surface area contributed by atoms with Crippen LogP contribution in [0.5, 0.6) is 5.75 Å². The number of aliphatic hydroxyl groups is 1. The molecule has 1 atom stereocenters. The highest BCUT2D eigenvalue weighted by Gasteiger charge is 2.42. The zero-order valence-corrected chi connectivity index (χ0v) is 13.5. The lowest BCUT2D eigenvalue weighted by atomic mass is 10.00. The van der Waals surface area contributed by atoms with E-state index in [1.54, 1.807) is 18.1 Å². The molecule has 0 bridgehead atoms. The van der Waals surface area contributed by atoms with E-state index in [4.69, 9.17) is 4.74 Å². The number of carbonyl (C=O) groups is 1. The minimum absolute atomic E-state index is 0.0704. The molecule has 24 heavy (non-hydrogen) atoms. The molecular formula is C17H20N4O3. The minimum atomic E-state index is -1.13. The maximum atomic E-state index is 12.8. The van der Waals surface area contributed by atoms with Crippen LogP contribution in [-0.2, 0) is 5.60 Å². The fourth-order valence-electron chi connectivity index (χ4n) is 3.37. The summed E-state index contributed by atoms with van der Waals surface area (Å²) in [5.41, 5.74) is 1.09. The molecule has 2 N–H and O–H groups in total. The number of aromatic nitrogens is 3. The molecule has 2 fully saturated rings. The number of H-pyrrole nitrogens is 1. The zero-order valence-electron chi connectivity index (χ0n) is 13.5. The van der Waals surface area contributed by atoms with E-state index in [1.807, 2.05) is 12.1 Å². The number of methoxy groups -OCH3 is 1. The molecular weight excluding hydrogens is 308 g/mol. The van der Waals surface area contributed by atoms with Gasteiger partial charge in [0.05, 0.1) is 19.9 Å². The number of benzene rings is 1. The number of ether oxygens (including phenoxy) is 1. The van der Waals surface area contributed by atoms with E-state index in [2.05, 4.69) is 15.4 Å². The van der Waals surface area contributed by atoms with Crippen LogP contribution in [0.1, 0.15) is 46.8 Å².